The van der Waals surface area contributed by atoms with Gasteiger partial charge in [-0.3, -0.25) is 9.58 Å². The van der Waals surface area contributed by atoms with Gasteiger partial charge in [0.25, 0.3) is 0 Å². The van der Waals surface area contributed by atoms with Crippen molar-refractivity contribution < 1.29 is 9.53 Å². The van der Waals surface area contributed by atoms with Crippen LogP contribution >= 0.6 is 0 Å². The van der Waals surface area contributed by atoms with E-state index >= 15 is 0 Å². The number of nitrogens with zero attached hydrogens (tertiary/aromatic N) is 3. The second-order valence-corrected chi connectivity index (χ2v) is 8.26. The van der Waals surface area contributed by atoms with Crippen molar-refractivity contribution >= 4 is 6.03 Å². The van der Waals surface area contributed by atoms with Gasteiger partial charge in [0.05, 0.1) is 18.9 Å². The van der Waals surface area contributed by atoms with Gasteiger partial charge in [-0.15, -0.1) is 0 Å². The first-order valence-electron chi connectivity index (χ1n) is 11.2. The van der Waals surface area contributed by atoms with E-state index in [1.165, 1.54) is 17.0 Å². The minimum absolute atomic E-state index is 0.0852. The third-order valence-electron chi connectivity index (χ3n) is 6.21. The van der Waals surface area contributed by atoms with Gasteiger partial charge >= 0.3 is 6.03 Å². The van der Waals surface area contributed by atoms with Crippen molar-refractivity contribution in [3.63, 3.8) is 0 Å². The Bertz CT molecular complexity index is 828. The van der Waals surface area contributed by atoms with E-state index in [4.69, 9.17) is 9.84 Å². The molecule has 0 aliphatic carbocycles. The highest BCUT2D eigenvalue weighted by Gasteiger charge is 2.25. The summed E-state index contributed by atoms with van der Waals surface area (Å²) in [6.45, 7) is 8.86. The minimum atomic E-state index is -0.0852. The van der Waals surface area contributed by atoms with Crippen LogP contribution in [0.3, 0.4) is 0 Å². The van der Waals surface area contributed by atoms with Crippen LogP contribution < -0.4 is 10.6 Å². The predicted molar refractivity (Wildman–Crippen MR) is 116 cm³/mol. The summed E-state index contributed by atoms with van der Waals surface area (Å²) < 4.78 is 7.84. The predicted octanol–water partition coefficient (Wildman–Crippen LogP) is 2.69. The molecule has 1 aromatic heterocycles. The number of carbonyl (C=O) groups excluding carboxylic acids is 1. The number of urea groups is 1. The molecule has 0 radical (unpaired) electrons. The normalized spacial score (nSPS) is 17.5. The lowest BCUT2D eigenvalue weighted by atomic mass is 9.96. The molecule has 0 atom stereocenters. The van der Waals surface area contributed by atoms with Crippen molar-refractivity contribution in [3.05, 3.63) is 52.8 Å². The summed E-state index contributed by atoms with van der Waals surface area (Å²) >= 11 is 0. The molecule has 0 spiro atoms. The zero-order chi connectivity index (χ0) is 20.8. The first kappa shape index (κ1) is 20.9. The van der Waals surface area contributed by atoms with Crippen LogP contribution in [-0.4, -0.2) is 47.0 Å². The SMILES string of the molecule is CCn1nc(CN2CCC(CNC(=O)NCc3ccccc3)CC2)c2c1CCOC2. The van der Waals surface area contributed by atoms with E-state index in [0.29, 0.717) is 19.1 Å². The maximum absolute atomic E-state index is 12.1. The van der Waals surface area contributed by atoms with Crippen LogP contribution in [0.4, 0.5) is 4.79 Å². The van der Waals surface area contributed by atoms with E-state index in [1.807, 2.05) is 30.3 Å². The average molecular weight is 412 g/mol. The van der Waals surface area contributed by atoms with Gasteiger partial charge in [0.2, 0.25) is 0 Å². The summed E-state index contributed by atoms with van der Waals surface area (Å²) in [5.41, 5.74) is 4.96. The first-order valence-corrected chi connectivity index (χ1v) is 11.2. The van der Waals surface area contributed by atoms with Gasteiger partial charge in [-0.05, 0) is 44.3 Å². The molecule has 3 heterocycles. The van der Waals surface area contributed by atoms with Gasteiger partial charge in [-0.1, -0.05) is 30.3 Å². The Labute approximate surface area is 178 Å². The molecule has 1 fully saturated rings. The smallest absolute Gasteiger partial charge is 0.315 e. The molecule has 0 saturated carbocycles. The van der Waals surface area contributed by atoms with E-state index in [2.05, 4.69) is 27.1 Å². The molecule has 2 N–H and O–H groups in total. The number of carbonyl (C=O) groups is 1. The van der Waals surface area contributed by atoms with Gasteiger partial charge in [0.15, 0.2) is 0 Å². The van der Waals surface area contributed by atoms with Crippen LogP contribution in [0, 0.1) is 5.92 Å². The fourth-order valence-electron chi connectivity index (χ4n) is 4.41. The molecule has 1 saturated heterocycles. The molecule has 4 rings (SSSR count). The monoisotopic (exact) mass is 411 g/mol. The van der Waals surface area contributed by atoms with E-state index < -0.39 is 0 Å². The standard InChI is InChI=1S/C23H33N5O2/c1-2-28-22-10-13-30-17-20(22)21(26-28)16-27-11-8-19(9-12-27)15-25-23(29)24-14-18-6-4-3-5-7-18/h3-7,19H,2,8-17H2,1H3,(H2,24,25,29). The van der Waals surface area contributed by atoms with Gasteiger partial charge in [0.1, 0.15) is 0 Å². The van der Waals surface area contributed by atoms with Crippen LogP contribution in [0.2, 0.25) is 0 Å². The summed E-state index contributed by atoms with van der Waals surface area (Å²) in [5, 5.41) is 10.8. The number of piperidine rings is 1. The Hall–Kier alpha value is -2.38. The number of likely N-dealkylation sites (tertiary alicyclic amines) is 1. The number of fused-ring (bicyclic) bond motifs is 1. The second-order valence-electron chi connectivity index (χ2n) is 8.26. The van der Waals surface area contributed by atoms with E-state index in [-0.39, 0.29) is 6.03 Å². The lowest BCUT2D eigenvalue weighted by Crippen LogP contribution is -2.41. The lowest BCUT2D eigenvalue weighted by molar-refractivity contribution is 0.107. The van der Waals surface area contributed by atoms with Crippen molar-refractivity contribution in [1.82, 2.24) is 25.3 Å². The lowest BCUT2D eigenvalue weighted by Gasteiger charge is -2.31. The summed E-state index contributed by atoms with van der Waals surface area (Å²) in [6.07, 6.45) is 3.18. The number of rotatable bonds is 7. The average Bonchev–Trinajstić information content (AvgIpc) is 3.15. The second kappa shape index (κ2) is 10.1. The fraction of sp³-hybridized carbons (Fsp3) is 0.565. The highest BCUT2D eigenvalue weighted by atomic mass is 16.5. The van der Waals surface area contributed by atoms with Crippen molar-refractivity contribution in [2.24, 2.45) is 5.92 Å². The number of benzene rings is 1. The highest BCUT2D eigenvalue weighted by molar-refractivity contribution is 5.73. The van der Waals surface area contributed by atoms with Crippen LogP contribution in [-0.2, 0) is 37.4 Å². The highest BCUT2D eigenvalue weighted by Crippen LogP contribution is 2.24. The molecule has 2 amide bonds. The number of aryl methyl sites for hydroxylation is 1. The van der Waals surface area contributed by atoms with Crippen molar-refractivity contribution in [2.75, 3.05) is 26.2 Å². The summed E-state index contributed by atoms with van der Waals surface area (Å²) in [4.78, 5) is 14.6. The Morgan fingerprint density at radius 1 is 1.20 bits per heavy atom. The van der Waals surface area contributed by atoms with Crippen LogP contribution in [0.25, 0.3) is 0 Å². The third kappa shape index (κ3) is 5.21. The Balaban J connectivity index is 1.19. The third-order valence-corrected chi connectivity index (χ3v) is 6.21. The molecule has 2 aliphatic heterocycles. The molecule has 0 unspecified atom stereocenters. The van der Waals surface area contributed by atoms with Crippen LogP contribution in [0.1, 0.15) is 42.3 Å². The molecular weight excluding hydrogens is 378 g/mol. The molecule has 2 aromatic rings. The molecule has 1 aromatic carbocycles. The number of hydrogen-bond acceptors (Lipinski definition) is 4. The van der Waals surface area contributed by atoms with Gasteiger partial charge in [-0.2, -0.15) is 5.10 Å². The summed E-state index contributed by atoms with van der Waals surface area (Å²) in [6, 6.07) is 9.90. The summed E-state index contributed by atoms with van der Waals surface area (Å²) in [7, 11) is 0. The molecule has 162 valence electrons. The molecule has 2 aliphatic rings. The molecular formula is C23H33N5O2. The maximum Gasteiger partial charge on any atom is 0.315 e. The Morgan fingerprint density at radius 2 is 2.00 bits per heavy atom. The van der Waals surface area contributed by atoms with Gasteiger partial charge in [-0.25, -0.2) is 4.79 Å². The quantitative estimate of drug-likeness (QED) is 0.735. The zero-order valence-electron chi connectivity index (χ0n) is 17.9. The number of aromatic nitrogens is 2. The van der Waals surface area contributed by atoms with E-state index in [0.717, 1.165) is 64.2 Å². The zero-order valence-corrected chi connectivity index (χ0v) is 17.9. The topological polar surface area (TPSA) is 71.4 Å². The van der Waals surface area contributed by atoms with Crippen LogP contribution in [0.5, 0.6) is 0 Å². The Kier molecular flexibility index (Phi) is 7.02. The number of hydrogen-bond donors (Lipinski definition) is 2. The largest absolute Gasteiger partial charge is 0.376 e. The van der Waals surface area contributed by atoms with Gasteiger partial charge in [0, 0.05) is 43.9 Å². The number of amides is 2. The molecule has 0 bridgehead atoms. The van der Waals surface area contributed by atoms with Crippen molar-refractivity contribution in [1.29, 1.82) is 0 Å². The Morgan fingerprint density at radius 3 is 2.77 bits per heavy atom. The molecule has 7 heteroatoms. The first-order chi connectivity index (χ1) is 14.7. The molecule has 7 nitrogen and oxygen atoms in total. The minimum Gasteiger partial charge on any atom is -0.376 e. The van der Waals surface area contributed by atoms with E-state index in [1.54, 1.807) is 0 Å². The maximum atomic E-state index is 12.1. The number of nitrogens with one attached hydrogen (secondary N) is 2. The van der Waals surface area contributed by atoms with Crippen molar-refractivity contribution in [3.8, 4) is 0 Å². The fourth-order valence-corrected chi connectivity index (χ4v) is 4.41. The van der Waals surface area contributed by atoms with Gasteiger partial charge < -0.3 is 15.4 Å². The summed E-state index contributed by atoms with van der Waals surface area (Å²) in [5.74, 6) is 0.536. The number of ether oxygens (including phenoxy) is 1. The molecule has 30 heavy (non-hydrogen) atoms. The van der Waals surface area contributed by atoms with Crippen molar-refractivity contribution in [2.45, 2.75) is 52.4 Å². The van der Waals surface area contributed by atoms with E-state index in [9.17, 15) is 4.79 Å². The van der Waals surface area contributed by atoms with Crippen LogP contribution in [0.15, 0.2) is 30.3 Å².